The molecule has 21 rings (SSSR count). The number of benzene rings is 4. The number of imidazole rings is 1. The average Bonchev–Trinajstić information content (AvgIpc) is 1.58. The number of likely N-dealkylation sites (tertiary alicyclic amines) is 1. The van der Waals surface area contributed by atoms with Crippen LogP contribution < -0.4 is 47.4 Å². The van der Waals surface area contributed by atoms with Gasteiger partial charge in [-0.15, -0.1) is 0 Å². The molecule has 644 valence electrons. The molecule has 0 amide bonds. The van der Waals surface area contributed by atoms with E-state index in [-0.39, 0.29) is 5.63 Å². The lowest BCUT2D eigenvalue weighted by Crippen LogP contribution is -2.48. The number of aryl methyl sites for hydroxylation is 7. The zero-order valence-corrected chi connectivity index (χ0v) is 74.0. The molecule has 0 spiro atoms. The van der Waals surface area contributed by atoms with Crippen LogP contribution in [-0.2, 0) is 0 Å². The molecule has 4 aromatic carbocycles. The Morgan fingerprint density at radius 2 is 0.920 bits per heavy atom. The molecule has 5 aliphatic heterocycles. The minimum absolute atomic E-state index is 0.309. The second-order valence-electron chi connectivity index (χ2n) is 34.7. The summed E-state index contributed by atoms with van der Waals surface area (Å²) in [5, 5.41) is 9.40. The van der Waals surface area contributed by atoms with Crippen molar-refractivity contribution in [2.24, 2.45) is 5.92 Å². The van der Waals surface area contributed by atoms with Crippen LogP contribution in [0.2, 0.25) is 5.15 Å². The summed E-state index contributed by atoms with van der Waals surface area (Å²) in [5.74, 6) is 1.75. The Labute approximate surface area is 728 Å². The Bertz CT molecular complexity index is 7050. The van der Waals surface area contributed by atoms with E-state index in [1.165, 1.54) is 19.3 Å². The molecule has 0 aliphatic carbocycles. The number of anilines is 4. The van der Waals surface area contributed by atoms with Crippen LogP contribution in [0.4, 0.5) is 22.7 Å². The highest BCUT2D eigenvalue weighted by molar-refractivity contribution is 6.29. The fourth-order valence-electron chi connectivity index (χ4n) is 18.8. The van der Waals surface area contributed by atoms with Gasteiger partial charge in [-0.3, -0.25) is 24.8 Å². The predicted molar refractivity (Wildman–Crippen MR) is 498 cm³/mol. The van der Waals surface area contributed by atoms with Crippen molar-refractivity contribution in [2.75, 3.05) is 118 Å². The molecule has 0 radical (unpaired) electrons. The summed E-state index contributed by atoms with van der Waals surface area (Å²) in [6, 6.07) is 44.0. The first-order valence-electron chi connectivity index (χ1n) is 43.8. The molecule has 17 heterocycles. The second kappa shape index (κ2) is 34.7. The Kier molecular flexibility index (Phi) is 23.2. The third-order valence-corrected chi connectivity index (χ3v) is 25.7. The molecule has 0 saturated carbocycles. The minimum atomic E-state index is -0.398. The summed E-state index contributed by atoms with van der Waals surface area (Å²) in [6.45, 7) is 42.4. The smallest absolute Gasteiger partial charge is 0.347 e. The van der Waals surface area contributed by atoms with E-state index in [9.17, 15) is 19.2 Å². The van der Waals surface area contributed by atoms with Gasteiger partial charge in [0.25, 0.3) is 0 Å². The standard InChI is InChI=1S/C27H32N4O2.C25H27N3O3.C24H25N3O3.C23H22ClN5O2/c1-17(2)28-14-20-7-9-30(10-8-20)23-6-5-21-11-24(27(32)33-26(21)13-23)22-12-25-19(4)29-18(3)15-31(25)16-22;1-15(2)27-7-9-28(10-8-27)20-6-5-18-12-21(25(29)31-22(18)14-20)23-13-19-11-16(3)26-17(4)24(19)30-23;1-4-26-7-9-27(10-8-26)19-6-5-17-12-20(24(28)30-21(17)14-19)22-13-18-11-15(2)25-16(3)23(18)29-22;1-3-27-9-17-7-16(27)10-29(17)15-5-4-14-6-18(23(30)31-20(14)8-15)19-11-28-12-21(24)25-13(2)22(28)26-19/h5-6,11-13,15-17,20,28H,7-10,14H2,1-4H3;5-6,11-15H,7-10H2,1-4H3;5-6,11-14H,4,7-10H2,1-3H3;4-6,8,11-12,16-17H,3,7,9-10H2,1-2H3/t;;;16-,17-/m...0/s1. The number of hydrogen-bond donors (Lipinski definition) is 1. The summed E-state index contributed by atoms with van der Waals surface area (Å²) in [4.78, 5) is 90.6. The van der Waals surface area contributed by atoms with Gasteiger partial charge >= 0.3 is 22.5 Å². The number of piperidine rings is 1. The number of halogens is 1. The zero-order chi connectivity index (χ0) is 86.9. The number of hydrogen-bond acceptors (Lipinski definition) is 23. The van der Waals surface area contributed by atoms with Gasteiger partial charge in [0.15, 0.2) is 16.8 Å². The SMILES string of the molecule is CCN1CCN(c2ccc3cc(-c4cc5cc(C)nc(C)c5o4)c(=O)oc3c2)CC1.CCN1C[C@@H]2C[C@H]1CN2c1ccc2cc(-c3cn4cc(Cl)nc(C)c4n3)c(=O)oc2c1.Cc1cc2cc(-c3cc4ccc(N5CCN(C(C)C)CC5)cc4oc3=O)oc2c(C)n1.Cc1cn2cc(-c3cc4ccc(N5CCC(CNC(C)C)CC5)cc4oc3=O)cc2c(C)n1. The van der Waals surface area contributed by atoms with E-state index in [1.807, 2.05) is 162 Å². The van der Waals surface area contributed by atoms with E-state index < -0.39 is 16.9 Å². The number of fused-ring (bicyclic) bond motifs is 10. The van der Waals surface area contributed by atoms with Crippen molar-refractivity contribution in [3.8, 4) is 45.0 Å². The highest BCUT2D eigenvalue weighted by Crippen LogP contribution is 2.39. The summed E-state index contributed by atoms with van der Waals surface area (Å²) in [6.07, 6.45) is 11.0. The number of nitrogens with zero attached hydrogens (tertiary/aromatic N) is 14. The Balaban J connectivity index is 0.000000113. The zero-order valence-electron chi connectivity index (χ0n) is 73.3. The molecule has 5 saturated heterocycles. The monoisotopic (exact) mass is 1700 g/mol. The maximum absolute atomic E-state index is 12.9. The molecule has 26 heteroatoms. The molecule has 2 atom stereocenters. The molecule has 5 fully saturated rings. The van der Waals surface area contributed by atoms with Crippen LogP contribution in [0.25, 0.3) is 122 Å². The lowest BCUT2D eigenvalue weighted by atomic mass is 9.96. The molecule has 1 N–H and O–H groups in total. The molecule has 2 bridgehead atoms. The molecule has 12 aromatic heterocycles. The fourth-order valence-corrected chi connectivity index (χ4v) is 19.0. The summed E-state index contributed by atoms with van der Waals surface area (Å²) in [7, 11) is 0. The van der Waals surface area contributed by atoms with Crippen molar-refractivity contribution in [3.63, 3.8) is 0 Å². The van der Waals surface area contributed by atoms with Crippen LogP contribution in [-0.4, -0.2) is 171 Å². The number of piperazine rings is 3. The number of furan rings is 2. The first kappa shape index (κ1) is 83.6. The first-order valence-corrected chi connectivity index (χ1v) is 44.2. The normalized spacial score (nSPS) is 16.8. The van der Waals surface area contributed by atoms with Gasteiger partial charge < -0.3 is 65.1 Å². The van der Waals surface area contributed by atoms with Crippen molar-refractivity contribution < 1.29 is 26.5 Å². The van der Waals surface area contributed by atoms with Gasteiger partial charge in [-0.05, 0) is 210 Å². The van der Waals surface area contributed by atoms with Crippen LogP contribution in [0.5, 0.6) is 0 Å². The Hall–Kier alpha value is -12.3. The van der Waals surface area contributed by atoms with Gasteiger partial charge in [0.2, 0.25) is 0 Å². The summed E-state index contributed by atoms with van der Waals surface area (Å²) in [5.41, 5.74) is 17.8. The van der Waals surface area contributed by atoms with Crippen molar-refractivity contribution in [1.29, 1.82) is 0 Å². The quantitative estimate of drug-likeness (QED) is 0.0993. The topological polar surface area (TPSA) is 255 Å². The van der Waals surface area contributed by atoms with Crippen molar-refractivity contribution in [3.05, 3.63) is 239 Å². The van der Waals surface area contributed by atoms with Gasteiger partial charge in [-0.2, -0.15) is 0 Å². The number of pyridine rings is 2. The molecule has 25 nitrogen and oxygen atoms in total. The van der Waals surface area contributed by atoms with Crippen LogP contribution in [0.3, 0.4) is 0 Å². The van der Waals surface area contributed by atoms with Gasteiger partial charge in [0.1, 0.15) is 50.1 Å². The number of likely N-dealkylation sites (N-methyl/N-ethyl adjacent to an activating group) is 2. The average molecular weight is 1700 g/mol. The highest BCUT2D eigenvalue weighted by Gasteiger charge is 2.43. The molecular formula is C99H106ClN15O10. The maximum Gasteiger partial charge on any atom is 0.347 e. The van der Waals surface area contributed by atoms with Crippen LogP contribution in [0.1, 0.15) is 101 Å². The Morgan fingerprint density at radius 1 is 0.432 bits per heavy atom. The number of aromatic nitrogens is 7. The van der Waals surface area contributed by atoms with Crippen molar-refractivity contribution >= 4 is 111 Å². The highest BCUT2D eigenvalue weighted by atomic mass is 35.5. The first-order chi connectivity index (χ1) is 60.3. The molecule has 0 unspecified atom stereocenters. The maximum atomic E-state index is 12.9. The molecular weight excluding hydrogens is 1590 g/mol. The minimum Gasteiger partial charge on any atom is -0.454 e. The molecule has 5 aliphatic rings. The lowest BCUT2D eigenvalue weighted by molar-refractivity contribution is 0.209. The lowest BCUT2D eigenvalue weighted by Gasteiger charge is -2.38. The second-order valence-corrected chi connectivity index (χ2v) is 35.1. The van der Waals surface area contributed by atoms with E-state index >= 15 is 0 Å². The van der Waals surface area contributed by atoms with Gasteiger partial charge in [-0.25, -0.2) is 29.1 Å². The third-order valence-electron chi connectivity index (χ3n) is 25.5. The molecule has 125 heavy (non-hydrogen) atoms. The van der Waals surface area contributed by atoms with Crippen LogP contribution in [0, 0.1) is 54.4 Å². The van der Waals surface area contributed by atoms with Crippen molar-refractivity contribution in [1.82, 2.24) is 53.7 Å². The third kappa shape index (κ3) is 17.3. The van der Waals surface area contributed by atoms with Crippen LogP contribution >= 0.6 is 11.6 Å². The molecule has 16 aromatic rings. The number of nitrogens with one attached hydrogen (secondary N) is 1. The van der Waals surface area contributed by atoms with Gasteiger partial charge in [-0.1, -0.05) is 39.3 Å². The van der Waals surface area contributed by atoms with E-state index in [0.29, 0.717) is 114 Å². The van der Waals surface area contributed by atoms with Gasteiger partial charge in [0, 0.05) is 224 Å². The van der Waals surface area contributed by atoms with Gasteiger partial charge in [0.05, 0.1) is 50.8 Å². The van der Waals surface area contributed by atoms with E-state index in [0.717, 1.165) is 204 Å². The van der Waals surface area contributed by atoms with E-state index in [2.05, 4.69) is 136 Å². The van der Waals surface area contributed by atoms with Crippen LogP contribution in [0.15, 0.2) is 198 Å². The number of rotatable bonds is 14. The fraction of sp³-hybridized carbons (Fsp3) is 0.364. The summed E-state index contributed by atoms with van der Waals surface area (Å²) < 4.78 is 38.7. The largest absolute Gasteiger partial charge is 0.454 e. The van der Waals surface area contributed by atoms with E-state index in [1.54, 1.807) is 16.8 Å². The Morgan fingerprint density at radius 3 is 1.43 bits per heavy atom. The summed E-state index contributed by atoms with van der Waals surface area (Å²) >= 11 is 6.05. The van der Waals surface area contributed by atoms with Crippen molar-refractivity contribution in [2.45, 2.75) is 133 Å². The predicted octanol–water partition coefficient (Wildman–Crippen LogP) is 17.8. The van der Waals surface area contributed by atoms with E-state index in [4.69, 9.17) is 38.1 Å².